The zero-order chi connectivity index (χ0) is 13.8. The average Bonchev–Trinajstić information content (AvgIpc) is 2.43. The molecule has 4 N–H and O–H groups in total. The number of nitrogens with two attached hydrogens (primary N) is 1. The van der Waals surface area contributed by atoms with E-state index in [0.29, 0.717) is 11.8 Å². The van der Waals surface area contributed by atoms with E-state index in [4.69, 9.17) is 5.84 Å². The molecular formula is C13H16FN5. The van der Waals surface area contributed by atoms with Crippen molar-refractivity contribution in [1.82, 2.24) is 9.97 Å². The summed E-state index contributed by atoms with van der Waals surface area (Å²) in [5.41, 5.74) is 5.11. The molecule has 1 heterocycles. The van der Waals surface area contributed by atoms with Gasteiger partial charge in [-0.15, -0.1) is 0 Å². The van der Waals surface area contributed by atoms with Crippen LogP contribution in [0.2, 0.25) is 0 Å². The third-order valence-corrected chi connectivity index (χ3v) is 2.82. The van der Waals surface area contributed by atoms with Crippen molar-refractivity contribution in [3.05, 3.63) is 41.3 Å². The Kier molecular flexibility index (Phi) is 3.91. The molecule has 0 saturated heterocycles. The summed E-state index contributed by atoms with van der Waals surface area (Å²) in [6.45, 7) is 3.92. The molecule has 1 aromatic heterocycles. The van der Waals surface area contributed by atoms with Crippen molar-refractivity contribution < 1.29 is 4.39 Å². The third-order valence-electron chi connectivity index (χ3n) is 2.82. The maximum atomic E-state index is 12.8. The van der Waals surface area contributed by atoms with E-state index in [9.17, 15) is 4.39 Å². The first kappa shape index (κ1) is 13.2. The maximum absolute atomic E-state index is 12.8. The minimum atomic E-state index is -0.283. The summed E-state index contributed by atoms with van der Waals surface area (Å²) >= 11 is 0. The Morgan fingerprint density at radius 1 is 1.21 bits per heavy atom. The Labute approximate surface area is 111 Å². The Morgan fingerprint density at radius 2 is 1.89 bits per heavy atom. The molecule has 0 fully saturated rings. The van der Waals surface area contributed by atoms with E-state index in [1.807, 2.05) is 13.8 Å². The number of hydrazine groups is 1. The molecule has 1 aromatic carbocycles. The lowest BCUT2D eigenvalue weighted by atomic mass is 10.2. The van der Waals surface area contributed by atoms with Crippen molar-refractivity contribution in [3.63, 3.8) is 0 Å². The van der Waals surface area contributed by atoms with Crippen molar-refractivity contribution in [2.75, 3.05) is 10.7 Å². The Hall–Kier alpha value is -2.21. The highest BCUT2D eigenvalue weighted by Crippen LogP contribution is 2.20. The standard InChI is InChI=1S/C13H16FN5/c1-3-11-8(2)12(19-15)18-13(17-11)16-10-6-4-9(14)5-7-10/h4-7H,3,15H2,1-2H3,(H2,16,17,18,19). The molecule has 6 heteroatoms. The van der Waals surface area contributed by atoms with Gasteiger partial charge < -0.3 is 10.7 Å². The van der Waals surface area contributed by atoms with E-state index in [0.717, 1.165) is 23.4 Å². The van der Waals surface area contributed by atoms with E-state index >= 15 is 0 Å². The van der Waals surface area contributed by atoms with Gasteiger partial charge >= 0.3 is 0 Å². The number of anilines is 3. The van der Waals surface area contributed by atoms with Gasteiger partial charge in [-0.2, -0.15) is 4.98 Å². The lowest BCUT2D eigenvalue weighted by molar-refractivity contribution is 0.628. The van der Waals surface area contributed by atoms with Crippen LogP contribution in [-0.4, -0.2) is 9.97 Å². The SMILES string of the molecule is CCc1nc(Nc2ccc(F)cc2)nc(NN)c1C. The number of rotatable bonds is 4. The summed E-state index contributed by atoms with van der Waals surface area (Å²) in [7, 11) is 0. The van der Waals surface area contributed by atoms with Crippen LogP contribution in [-0.2, 0) is 6.42 Å². The van der Waals surface area contributed by atoms with Crippen molar-refractivity contribution in [2.45, 2.75) is 20.3 Å². The average molecular weight is 261 g/mol. The maximum Gasteiger partial charge on any atom is 0.229 e. The van der Waals surface area contributed by atoms with E-state index in [-0.39, 0.29) is 5.82 Å². The first-order valence-electron chi connectivity index (χ1n) is 6.00. The molecule has 0 aliphatic rings. The van der Waals surface area contributed by atoms with Gasteiger partial charge in [0.15, 0.2) is 0 Å². The van der Waals surface area contributed by atoms with Gasteiger partial charge in [0, 0.05) is 11.3 Å². The van der Waals surface area contributed by atoms with Gasteiger partial charge in [-0.05, 0) is 37.6 Å². The van der Waals surface area contributed by atoms with Crippen molar-refractivity contribution in [2.24, 2.45) is 5.84 Å². The van der Waals surface area contributed by atoms with Crippen molar-refractivity contribution >= 4 is 17.5 Å². The number of aryl methyl sites for hydroxylation is 1. The molecule has 0 aliphatic carbocycles. The summed E-state index contributed by atoms with van der Waals surface area (Å²) < 4.78 is 12.8. The molecule has 0 spiro atoms. The second-order valence-electron chi connectivity index (χ2n) is 4.10. The van der Waals surface area contributed by atoms with Gasteiger partial charge in [0.2, 0.25) is 5.95 Å². The molecule has 5 nitrogen and oxygen atoms in total. The summed E-state index contributed by atoms with van der Waals surface area (Å²) in [5, 5.41) is 3.02. The number of aromatic nitrogens is 2. The molecule has 2 aromatic rings. The number of hydrogen-bond acceptors (Lipinski definition) is 5. The molecule has 0 atom stereocenters. The first-order valence-corrected chi connectivity index (χ1v) is 6.00. The molecule has 0 radical (unpaired) electrons. The molecule has 0 unspecified atom stereocenters. The number of nitrogen functional groups attached to an aromatic ring is 1. The lowest BCUT2D eigenvalue weighted by Gasteiger charge is -2.12. The molecule has 2 rings (SSSR count). The minimum absolute atomic E-state index is 0.283. The van der Waals surface area contributed by atoms with Crippen molar-refractivity contribution in [3.8, 4) is 0 Å². The Bertz CT molecular complexity index is 543. The topological polar surface area (TPSA) is 75.9 Å². The fourth-order valence-corrected chi connectivity index (χ4v) is 1.77. The fourth-order valence-electron chi connectivity index (χ4n) is 1.77. The summed E-state index contributed by atoms with van der Waals surface area (Å²) in [5.74, 6) is 6.17. The third kappa shape index (κ3) is 2.97. The highest BCUT2D eigenvalue weighted by atomic mass is 19.1. The molecule has 0 saturated carbocycles. The van der Waals surface area contributed by atoms with Crippen LogP contribution in [0, 0.1) is 12.7 Å². The van der Waals surface area contributed by atoms with Crippen LogP contribution in [0.15, 0.2) is 24.3 Å². The number of benzene rings is 1. The Morgan fingerprint density at radius 3 is 2.47 bits per heavy atom. The van der Waals surface area contributed by atoms with E-state index in [1.54, 1.807) is 12.1 Å². The summed E-state index contributed by atoms with van der Waals surface area (Å²) in [6.07, 6.45) is 0.779. The van der Waals surface area contributed by atoms with Gasteiger partial charge in [-0.25, -0.2) is 15.2 Å². The summed E-state index contributed by atoms with van der Waals surface area (Å²) in [6, 6.07) is 6.00. The van der Waals surface area contributed by atoms with Gasteiger partial charge in [-0.1, -0.05) is 6.92 Å². The van der Waals surface area contributed by atoms with Crippen LogP contribution in [0.1, 0.15) is 18.2 Å². The number of hydrogen-bond donors (Lipinski definition) is 3. The van der Waals surface area contributed by atoms with Gasteiger partial charge in [0.25, 0.3) is 0 Å². The predicted molar refractivity (Wildman–Crippen MR) is 73.6 cm³/mol. The Balaban J connectivity index is 2.32. The number of nitrogens with one attached hydrogen (secondary N) is 2. The second-order valence-corrected chi connectivity index (χ2v) is 4.10. The van der Waals surface area contributed by atoms with Crippen LogP contribution >= 0.6 is 0 Å². The molecule has 19 heavy (non-hydrogen) atoms. The lowest BCUT2D eigenvalue weighted by Crippen LogP contribution is -2.13. The highest BCUT2D eigenvalue weighted by molar-refractivity contribution is 5.57. The first-order chi connectivity index (χ1) is 9.13. The number of halogens is 1. The van der Waals surface area contributed by atoms with Crippen LogP contribution in [0.5, 0.6) is 0 Å². The van der Waals surface area contributed by atoms with Crippen LogP contribution < -0.4 is 16.6 Å². The van der Waals surface area contributed by atoms with Gasteiger partial charge in [-0.3, -0.25) is 0 Å². The monoisotopic (exact) mass is 261 g/mol. The van der Waals surface area contributed by atoms with Gasteiger partial charge in [0.05, 0.1) is 5.69 Å². The van der Waals surface area contributed by atoms with Gasteiger partial charge in [0.1, 0.15) is 11.6 Å². The molecule has 0 amide bonds. The second kappa shape index (κ2) is 5.62. The fraction of sp³-hybridized carbons (Fsp3) is 0.231. The van der Waals surface area contributed by atoms with Crippen LogP contribution in [0.4, 0.5) is 21.8 Å². The smallest absolute Gasteiger partial charge is 0.229 e. The molecular weight excluding hydrogens is 245 g/mol. The zero-order valence-corrected chi connectivity index (χ0v) is 10.9. The molecule has 100 valence electrons. The normalized spacial score (nSPS) is 10.3. The van der Waals surface area contributed by atoms with Crippen LogP contribution in [0.3, 0.4) is 0 Å². The van der Waals surface area contributed by atoms with E-state index in [2.05, 4.69) is 20.7 Å². The zero-order valence-electron chi connectivity index (χ0n) is 10.9. The summed E-state index contributed by atoms with van der Waals surface area (Å²) in [4.78, 5) is 8.67. The molecule has 0 aliphatic heterocycles. The highest BCUT2D eigenvalue weighted by Gasteiger charge is 2.09. The van der Waals surface area contributed by atoms with E-state index < -0.39 is 0 Å². The van der Waals surface area contributed by atoms with E-state index in [1.165, 1.54) is 12.1 Å². The van der Waals surface area contributed by atoms with Crippen LogP contribution in [0.25, 0.3) is 0 Å². The number of nitrogens with zero attached hydrogens (tertiary/aromatic N) is 2. The predicted octanol–water partition coefficient (Wildman–Crippen LogP) is 2.52. The minimum Gasteiger partial charge on any atom is -0.324 e. The molecule has 0 bridgehead atoms. The van der Waals surface area contributed by atoms with Crippen molar-refractivity contribution in [1.29, 1.82) is 0 Å². The quantitative estimate of drug-likeness (QED) is 0.582. The largest absolute Gasteiger partial charge is 0.324 e.